The fraction of sp³-hybridized carbons (Fsp3) is 0.316. The number of carbonyl (C=O) groups is 1. The lowest BCUT2D eigenvalue weighted by Crippen LogP contribution is -2.29. The van der Waals surface area contributed by atoms with Crippen LogP contribution in [0, 0.1) is 6.92 Å². The van der Waals surface area contributed by atoms with E-state index in [9.17, 15) is 4.79 Å². The third-order valence-corrected chi connectivity index (χ3v) is 6.51. The summed E-state index contributed by atoms with van der Waals surface area (Å²) in [6, 6.07) is 7.77. The van der Waals surface area contributed by atoms with Gasteiger partial charge < -0.3 is 4.90 Å². The van der Waals surface area contributed by atoms with E-state index in [1.54, 1.807) is 17.5 Å². The number of hydrogen-bond acceptors (Lipinski definition) is 7. The van der Waals surface area contributed by atoms with Gasteiger partial charge in [-0.05, 0) is 44.0 Å². The molecule has 0 N–H and O–H groups in total. The quantitative estimate of drug-likeness (QED) is 0.612. The summed E-state index contributed by atoms with van der Waals surface area (Å²) in [6.45, 7) is 3.74. The molecule has 1 aliphatic heterocycles. The molecule has 0 aliphatic carbocycles. The summed E-state index contributed by atoms with van der Waals surface area (Å²) in [4.78, 5) is 23.9. The SMILES string of the molecule is Cc1nc(-c2cccnc2)sc1-c1ccc(SCC(=O)N2CCCC2)nn1. The van der Waals surface area contributed by atoms with Gasteiger partial charge in [-0.2, -0.15) is 0 Å². The standard InChI is InChI=1S/C19H19N5OS2/c1-13-18(27-19(21-13)14-5-4-8-20-11-14)15-6-7-16(23-22-15)26-12-17(25)24-9-2-3-10-24/h4-8,11H,2-3,9-10,12H2,1H3. The second-order valence-electron chi connectivity index (χ2n) is 6.31. The summed E-state index contributed by atoms with van der Waals surface area (Å²) < 4.78 is 0. The summed E-state index contributed by atoms with van der Waals surface area (Å²) in [7, 11) is 0. The number of likely N-dealkylation sites (tertiary alicyclic amines) is 1. The van der Waals surface area contributed by atoms with Gasteiger partial charge in [0.2, 0.25) is 5.91 Å². The maximum atomic E-state index is 12.1. The van der Waals surface area contributed by atoms with E-state index in [4.69, 9.17) is 0 Å². The third-order valence-electron chi connectivity index (χ3n) is 4.38. The van der Waals surface area contributed by atoms with E-state index in [-0.39, 0.29) is 5.91 Å². The highest BCUT2D eigenvalue weighted by Crippen LogP contribution is 2.34. The molecule has 0 saturated carbocycles. The van der Waals surface area contributed by atoms with Crippen LogP contribution >= 0.6 is 23.1 Å². The number of aryl methyl sites for hydroxylation is 1. The minimum Gasteiger partial charge on any atom is -0.342 e. The van der Waals surface area contributed by atoms with Crippen molar-refractivity contribution in [3.05, 3.63) is 42.4 Å². The van der Waals surface area contributed by atoms with Crippen molar-refractivity contribution in [2.24, 2.45) is 0 Å². The van der Waals surface area contributed by atoms with Crippen LogP contribution < -0.4 is 0 Å². The number of pyridine rings is 1. The minimum atomic E-state index is 0.183. The highest BCUT2D eigenvalue weighted by molar-refractivity contribution is 7.99. The molecule has 6 nitrogen and oxygen atoms in total. The summed E-state index contributed by atoms with van der Waals surface area (Å²) in [6.07, 6.45) is 5.78. The van der Waals surface area contributed by atoms with Gasteiger partial charge in [-0.3, -0.25) is 9.78 Å². The van der Waals surface area contributed by atoms with Gasteiger partial charge in [0.25, 0.3) is 0 Å². The van der Waals surface area contributed by atoms with E-state index >= 15 is 0 Å². The molecular weight excluding hydrogens is 378 g/mol. The van der Waals surface area contributed by atoms with E-state index in [1.165, 1.54) is 11.8 Å². The number of nitrogens with zero attached hydrogens (tertiary/aromatic N) is 5. The predicted molar refractivity (Wildman–Crippen MR) is 108 cm³/mol. The molecule has 27 heavy (non-hydrogen) atoms. The first-order chi connectivity index (χ1) is 13.2. The van der Waals surface area contributed by atoms with Gasteiger partial charge in [-0.15, -0.1) is 21.5 Å². The molecule has 1 fully saturated rings. The molecular formula is C19H19N5OS2. The zero-order valence-electron chi connectivity index (χ0n) is 15.0. The third kappa shape index (κ3) is 4.17. The van der Waals surface area contributed by atoms with E-state index < -0.39 is 0 Å². The Bertz CT molecular complexity index is 921. The predicted octanol–water partition coefficient (Wildman–Crippen LogP) is 3.69. The van der Waals surface area contributed by atoms with Crippen LogP contribution in [0.4, 0.5) is 0 Å². The molecule has 4 rings (SSSR count). The van der Waals surface area contributed by atoms with Gasteiger partial charge in [-0.1, -0.05) is 11.8 Å². The van der Waals surface area contributed by atoms with Gasteiger partial charge in [-0.25, -0.2) is 4.98 Å². The monoisotopic (exact) mass is 397 g/mol. The summed E-state index contributed by atoms with van der Waals surface area (Å²) in [5, 5.41) is 10.3. The lowest BCUT2D eigenvalue weighted by molar-refractivity contribution is -0.127. The molecule has 0 unspecified atom stereocenters. The Hall–Kier alpha value is -2.32. The van der Waals surface area contributed by atoms with Crippen LogP contribution in [0.3, 0.4) is 0 Å². The van der Waals surface area contributed by atoms with Crippen molar-refractivity contribution in [3.8, 4) is 21.1 Å². The average molecular weight is 398 g/mol. The Morgan fingerprint density at radius 3 is 2.78 bits per heavy atom. The van der Waals surface area contributed by atoms with Crippen LogP contribution in [-0.4, -0.2) is 49.8 Å². The molecule has 1 saturated heterocycles. The first-order valence-corrected chi connectivity index (χ1v) is 10.6. The highest BCUT2D eigenvalue weighted by Gasteiger charge is 2.18. The molecule has 1 aliphatic rings. The highest BCUT2D eigenvalue weighted by atomic mass is 32.2. The van der Waals surface area contributed by atoms with Crippen molar-refractivity contribution < 1.29 is 4.79 Å². The topological polar surface area (TPSA) is 71.9 Å². The Balaban J connectivity index is 1.44. The first-order valence-electron chi connectivity index (χ1n) is 8.83. The van der Waals surface area contributed by atoms with Gasteiger partial charge in [0.1, 0.15) is 15.7 Å². The van der Waals surface area contributed by atoms with E-state index in [2.05, 4.69) is 20.2 Å². The first kappa shape index (κ1) is 18.1. The Morgan fingerprint density at radius 1 is 1.22 bits per heavy atom. The van der Waals surface area contributed by atoms with Crippen LogP contribution in [-0.2, 0) is 4.79 Å². The van der Waals surface area contributed by atoms with Crippen molar-refractivity contribution in [2.75, 3.05) is 18.8 Å². The van der Waals surface area contributed by atoms with Gasteiger partial charge >= 0.3 is 0 Å². The molecule has 4 heterocycles. The Morgan fingerprint density at radius 2 is 2.07 bits per heavy atom. The molecule has 3 aromatic rings. The second-order valence-corrected chi connectivity index (χ2v) is 8.30. The van der Waals surface area contributed by atoms with Crippen LogP contribution in [0.15, 0.2) is 41.7 Å². The van der Waals surface area contributed by atoms with E-state index in [1.807, 2.05) is 42.3 Å². The number of carbonyl (C=O) groups excluding carboxylic acids is 1. The van der Waals surface area contributed by atoms with E-state index in [0.717, 1.165) is 57.8 Å². The maximum absolute atomic E-state index is 12.1. The van der Waals surface area contributed by atoms with Crippen molar-refractivity contribution in [2.45, 2.75) is 24.8 Å². The fourth-order valence-corrected chi connectivity index (χ4v) is 4.70. The molecule has 3 aromatic heterocycles. The number of thioether (sulfide) groups is 1. The molecule has 0 spiro atoms. The van der Waals surface area contributed by atoms with E-state index in [0.29, 0.717) is 5.75 Å². The summed E-state index contributed by atoms with van der Waals surface area (Å²) in [5.41, 5.74) is 2.73. The molecule has 0 atom stereocenters. The maximum Gasteiger partial charge on any atom is 0.232 e. The number of thiazole rings is 1. The van der Waals surface area contributed by atoms with Gasteiger partial charge in [0.05, 0.1) is 16.3 Å². The average Bonchev–Trinajstić information content (AvgIpc) is 3.37. The molecule has 8 heteroatoms. The summed E-state index contributed by atoms with van der Waals surface area (Å²) in [5.74, 6) is 0.599. The largest absolute Gasteiger partial charge is 0.342 e. The molecule has 0 aromatic carbocycles. The van der Waals surface area contributed by atoms with Crippen molar-refractivity contribution >= 4 is 29.0 Å². The fourth-order valence-electron chi connectivity index (χ4n) is 2.96. The van der Waals surface area contributed by atoms with Crippen LogP contribution in [0.5, 0.6) is 0 Å². The molecule has 0 radical (unpaired) electrons. The van der Waals surface area contributed by atoms with Crippen molar-refractivity contribution in [1.82, 2.24) is 25.1 Å². The van der Waals surface area contributed by atoms with Gasteiger partial charge in [0.15, 0.2) is 0 Å². The van der Waals surface area contributed by atoms with Gasteiger partial charge in [0, 0.05) is 31.0 Å². The van der Waals surface area contributed by atoms with Crippen LogP contribution in [0.25, 0.3) is 21.1 Å². The smallest absolute Gasteiger partial charge is 0.232 e. The number of aromatic nitrogens is 4. The minimum absolute atomic E-state index is 0.183. The Kier molecular flexibility index (Phi) is 5.45. The zero-order chi connectivity index (χ0) is 18.6. The Labute approximate surface area is 166 Å². The number of amides is 1. The lowest BCUT2D eigenvalue weighted by Gasteiger charge is -2.14. The van der Waals surface area contributed by atoms with Crippen LogP contribution in [0.1, 0.15) is 18.5 Å². The van der Waals surface area contributed by atoms with Crippen LogP contribution in [0.2, 0.25) is 0 Å². The van der Waals surface area contributed by atoms with Crippen molar-refractivity contribution in [1.29, 1.82) is 0 Å². The zero-order valence-corrected chi connectivity index (χ0v) is 16.6. The number of rotatable bonds is 5. The normalized spacial score (nSPS) is 13.9. The van der Waals surface area contributed by atoms with Crippen molar-refractivity contribution in [3.63, 3.8) is 0 Å². The number of hydrogen-bond donors (Lipinski definition) is 0. The molecule has 0 bridgehead atoms. The summed E-state index contributed by atoms with van der Waals surface area (Å²) >= 11 is 3.03. The molecule has 1 amide bonds. The second kappa shape index (κ2) is 8.14. The lowest BCUT2D eigenvalue weighted by atomic mass is 10.3. The molecule has 138 valence electrons.